The van der Waals surface area contributed by atoms with Gasteiger partial charge in [-0.3, -0.25) is 4.79 Å². The van der Waals surface area contributed by atoms with Crippen molar-refractivity contribution >= 4 is 12.1 Å². The molecule has 5 heteroatoms. The first-order chi connectivity index (χ1) is 15.9. The molecule has 4 rings (SSSR count). The van der Waals surface area contributed by atoms with Gasteiger partial charge >= 0.3 is 0 Å². The van der Waals surface area contributed by atoms with Crippen LogP contribution in [0.5, 0.6) is 0 Å². The van der Waals surface area contributed by atoms with Gasteiger partial charge in [-0.05, 0) is 50.1 Å². The molecule has 3 aromatic carbocycles. The molecule has 0 unspecified atom stereocenters. The Morgan fingerprint density at radius 1 is 0.879 bits per heavy atom. The third-order valence-corrected chi connectivity index (χ3v) is 5.84. The number of carbonyl (C=O) groups excluding carboxylic acids is 1. The van der Waals surface area contributed by atoms with E-state index in [1.54, 1.807) is 54.7 Å². The molecule has 33 heavy (non-hydrogen) atoms. The number of benzene rings is 3. The first kappa shape index (κ1) is 22.2. The second kappa shape index (κ2) is 9.27. The molecule has 0 atom stereocenters. The molecule has 0 fully saturated rings. The van der Waals surface area contributed by atoms with Gasteiger partial charge in [-0.25, -0.2) is 5.43 Å². The molecular weight excluding hydrogens is 410 g/mol. The van der Waals surface area contributed by atoms with E-state index >= 15 is 0 Å². The SMILES string of the molecule is Cc1ccc(-n2c(C)cc(/C=N\NC(=O)C(O)(c3ccccc3)c3ccccc3)c2C)cc1. The van der Waals surface area contributed by atoms with Crippen molar-refractivity contribution in [3.63, 3.8) is 0 Å². The summed E-state index contributed by atoms with van der Waals surface area (Å²) in [6, 6.07) is 28.1. The molecule has 0 radical (unpaired) electrons. The van der Waals surface area contributed by atoms with E-state index in [1.807, 2.05) is 32.0 Å². The second-order valence-corrected chi connectivity index (χ2v) is 8.14. The van der Waals surface area contributed by atoms with E-state index in [-0.39, 0.29) is 0 Å². The average molecular weight is 438 g/mol. The van der Waals surface area contributed by atoms with E-state index < -0.39 is 11.5 Å². The van der Waals surface area contributed by atoms with Gasteiger partial charge in [-0.15, -0.1) is 0 Å². The van der Waals surface area contributed by atoms with Crippen molar-refractivity contribution in [1.82, 2.24) is 9.99 Å². The van der Waals surface area contributed by atoms with Crippen molar-refractivity contribution in [1.29, 1.82) is 0 Å². The Kier molecular flexibility index (Phi) is 6.24. The van der Waals surface area contributed by atoms with E-state index in [0.29, 0.717) is 11.1 Å². The van der Waals surface area contributed by atoms with Gasteiger partial charge in [-0.1, -0.05) is 78.4 Å². The van der Waals surface area contributed by atoms with Crippen LogP contribution in [-0.4, -0.2) is 21.8 Å². The minimum Gasteiger partial charge on any atom is -0.372 e. The Balaban J connectivity index is 1.61. The highest BCUT2D eigenvalue weighted by atomic mass is 16.3. The smallest absolute Gasteiger partial charge is 0.281 e. The maximum atomic E-state index is 13.2. The van der Waals surface area contributed by atoms with E-state index in [2.05, 4.69) is 46.3 Å². The zero-order chi connectivity index (χ0) is 23.4. The van der Waals surface area contributed by atoms with Crippen LogP contribution in [0, 0.1) is 20.8 Å². The lowest BCUT2D eigenvalue weighted by atomic mass is 9.85. The van der Waals surface area contributed by atoms with Crippen LogP contribution in [0.4, 0.5) is 0 Å². The fourth-order valence-corrected chi connectivity index (χ4v) is 4.04. The number of rotatable bonds is 6. The first-order valence-electron chi connectivity index (χ1n) is 10.8. The molecule has 2 N–H and O–H groups in total. The summed E-state index contributed by atoms with van der Waals surface area (Å²) in [4.78, 5) is 13.2. The highest BCUT2D eigenvalue weighted by Crippen LogP contribution is 2.30. The fraction of sp³-hybridized carbons (Fsp3) is 0.143. The topological polar surface area (TPSA) is 66.6 Å². The molecule has 0 aliphatic rings. The Morgan fingerprint density at radius 2 is 1.42 bits per heavy atom. The third kappa shape index (κ3) is 4.36. The molecule has 166 valence electrons. The van der Waals surface area contributed by atoms with Crippen LogP contribution in [0.25, 0.3) is 5.69 Å². The lowest BCUT2D eigenvalue weighted by Gasteiger charge is -2.27. The highest BCUT2D eigenvalue weighted by Gasteiger charge is 2.39. The largest absolute Gasteiger partial charge is 0.372 e. The predicted octanol–water partition coefficient (Wildman–Crippen LogP) is 4.79. The fourth-order valence-electron chi connectivity index (χ4n) is 4.04. The van der Waals surface area contributed by atoms with Crippen LogP contribution in [0.2, 0.25) is 0 Å². The van der Waals surface area contributed by atoms with Crippen molar-refractivity contribution in [2.24, 2.45) is 5.10 Å². The van der Waals surface area contributed by atoms with Gasteiger partial charge in [0, 0.05) is 22.6 Å². The molecule has 4 aromatic rings. The minimum absolute atomic E-state index is 0.474. The number of hydrazone groups is 1. The number of aliphatic hydroxyl groups is 1. The minimum atomic E-state index is -1.86. The van der Waals surface area contributed by atoms with Gasteiger partial charge in [0.15, 0.2) is 5.60 Å². The standard InChI is InChI=1S/C28H27N3O2/c1-20-14-16-26(17-15-20)31-21(2)18-23(22(31)3)19-29-30-27(32)28(33,24-10-6-4-7-11-24)25-12-8-5-9-13-25/h4-19,33H,1-3H3,(H,30,32)/b29-19-. The molecule has 0 saturated carbocycles. The summed E-state index contributed by atoms with van der Waals surface area (Å²) in [5.74, 6) is -0.622. The van der Waals surface area contributed by atoms with Crippen molar-refractivity contribution in [3.8, 4) is 5.69 Å². The number of nitrogens with zero attached hydrogens (tertiary/aromatic N) is 2. The summed E-state index contributed by atoms with van der Waals surface area (Å²) in [7, 11) is 0. The quantitative estimate of drug-likeness (QED) is 0.336. The lowest BCUT2D eigenvalue weighted by molar-refractivity contribution is -0.136. The van der Waals surface area contributed by atoms with Gasteiger partial charge in [-0.2, -0.15) is 5.10 Å². The number of carbonyl (C=O) groups is 1. The summed E-state index contributed by atoms with van der Waals surface area (Å²) in [5.41, 5.74) is 6.86. The summed E-state index contributed by atoms with van der Waals surface area (Å²) < 4.78 is 2.15. The van der Waals surface area contributed by atoms with Crippen LogP contribution in [0.15, 0.2) is 96.1 Å². The summed E-state index contributed by atoms with van der Waals surface area (Å²) >= 11 is 0. The van der Waals surface area contributed by atoms with Gasteiger partial charge in [0.2, 0.25) is 0 Å². The lowest BCUT2D eigenvalue weighted by Crippen LogP contribution is -2.43. The third-order valence-electron chi connectivity index (χ3n) is 5.84. The Morgan fingerprint density at radius 3 is 1.97 bits per heavy atom. The number of hydrogen-bond donors (Lipinski definition) is 2. The van der Waals surface area contributed by atoms with E-state index in [9.17, 15) is 9.90 Å². The highest BCUT2D eigenvalue weighted by molar-refractivity contribution is 5.91. The predicted molar refractivity (Wildman–Crippen MR) is 132 cm³/mol. The van der Waals surface area contributed by atoms with Gasteiger partial charge in [0.25, 0.3) is 5.91 Å². The Bertz CT molecular complexity index is 1230. The van der Waals surface area contributed by atoms with Gasteiger partial charge in [0.05, 0.1) is 6.21 Å². The molecule has 5 nitrogen and oxygen atoms in total. The van der Waals surface area contributed by atoms with Crippen molar-refractivity contribution in [3.05, 3.63) is 125 Å². The molecule has 0 saturated heterocycles. The molecular formula is C28H27N3O2. The van der Waals surface area contributed by atoms with E-state index in [1.165, 1.54) is 5.56 Å². The normalized spacial score (nSPS) is 11.6. The number of nitrogens with one attached hydrogen (secondary N) is 1. The number of amides is 1. The van der Waals surface area contributed by atoms with Crippen molar-refractivity contribution in [2.75, 3.05) is 0 Å². The summed E-state index contributed by atoms with van der Waals surface area (Å²) in [5, 5.41) is 15.7. The Labute approximate surface area is 194 Å². The zero-order valence-electron chi connectivity index (χ0n) is 19.0. The monoisotopic (exact) mass is 437 g/mol. The van der Waals surface area contributed by atoms with Crippen LogP contribution in [-0.2, 0) is 10.4 Å². The summed E-state index contributed by atoms with van der Waals surface area (Å²) in [6.07, 6.45) is 1.61. The van der Waals surface area contributed by atoms with E-state index in [4.69, 9.17) is 0 Å². The van der Waals surface area contributed by atoms with Gasteiger partial charge < -0.3 is 9.67 Å². The zero-order valence-corrected chi connectivity index (χ0v) is 19.0. The van der Waals surface area contributed by atoms with Crippen molar-refractivity contribution < 1.29 is 9.90 Å². The Hall–Kier alpha value is -3.96. The summed E-state index contributed by atoms with van der Waals surface area (Å²) in [6.45, 7) is 6.11. The molecule has 0 spiro atoms. The maximum Gasteiger partial charge on any atom is 0.281 e. The molecule has 0 aliphatic carbocycles. The molecule has 1 heterocycles. The first-order valence-corrected chi connectivity index (χ1v) is 10.8. The molecule has 1 aromatic heterocycles. The van der Waals surface area contributed by atoms with Crippen LogP contribution in [0.3, 0.4) is 0 Å². The maximum absolute atomic E-state index is 13.2. The van der Waals surface area contributed by atoms with Crippen LogP contribution < -0.4 is 5.43 Å². The van der Waals surface area contributed by atoms with Crippen LogP contribution >= 0.6 is 0 Å². The number of aromatic nitrogens is 1. The molecule has 0 bridgehead atoms. The van der Waals surface area contributed by atoms with E-state index in [0.717, 1.165) is 22.6 Å². The second-order valence-electron chi connectivity index (χ2n) is 8.14. The van der Waals surface area contributed by atoms with Crippen LogP contribution in [0.1, 0.15) is 33.6 Å². The van der Waals surface area contributed by atoms with Gasteiger partial charge in [0.1, 0.15) is 0 Å². The van der Waals surface area contributed by atoms with Crippen molar-refractivity contribution in [2.45, 2.75) is 26.4 Å². The molecule has 0 aliphatic heterocycles. The molecule has 1 amide bonds. The number of aryl methyl sites for hydroxylation is 2. The number of hydrogen-bond acceptors (Lipinski definition) is 3. The average Bonchev–Trinajstić information content (AvgIpc) is 3.13.